The van der Waals surface area contributed by atoms with Gasteiger partial charge in [-0.05, 0) is 71.2 Å². The van der Waals surface area contributed by atoms with E-state index in [0.717, 1.165) is 12.8 Å². The summed E-state index contributed by atoms with van der Waals surface area (Å²) in [5.74, 6) is -1.49. The third kappa shape index (κ3) is 3.54. The molecule has 0 spiro atoms. The summed E-state index contributed by atoms with van der Waals surface area (Å²) in [4.78, 5) is 25.1. The molecule has 0 saturated carbocycles. The van der Waals surface area contributed by atoms with Gasteiger partial charge in [-0.25, -0.2) is 4.79 Å². The number of anilines is 2. The van der Waals surface area contributed by atoms with Gasteiger partial charge >= 0.3 is 5.97 Å². The summed E-state index contributed by atoms with van der Waals surface area (Å²) in [5, 5.41) is 18.6. The second-order valence-electron chi connectivity index (χ2n) is 8.74. The Hall–Kier alpha value is -2.66. The molecule has 148 valence electrons. The van der Waals surface area contributed by atoms with Gasteiger partial charge in [0.15, 0.2) is 0 Å². The number of aliphatic hydroxyl groups is 1. The van der Waals surface area contributed by atoms with Gasteiger partial charge in [0.2, 0.25) is 0 Å². The average Bonchev–Trinajstić information content (AvgIpc) is 2.66. The van der Waals surface area contributed by atoms with Crippen LogP contribution in [0, 0.1) is 0 Å². The van der Waals surface area contributed by atoms with Crippen LogP contribution in [-0.4, -0.2) is 28.7 Å². The van der Waals surface area contributed by atoms with Crippen molar-refractivity contribution in [1.29, 1.82) is 0 Å². The van der Waals surface area contributed by atoms with E-state index in [1.165, 1.54) is 28.2 Å². The second-order valence-corrected chi connectivity index (χ2v) is 8.74. The number of hydrogen-bond acceptors (Lipinski definition) is 3. The van der Waals surface area contributed by atoms with E-state index in [1.54, 1.807) is 12.1 Å². The Morgan fingerprint density at radius 3 is 1.96 bits per heavy atom. The molecule has 0 saturated heterocycles. The molecule has 0 atom stereocenters. The van der Waals surface area contributed by atoms with Crippen LogP contribution in [-0.2, 0) is 15.6 Å². The molecule has 0 aliphatic heterocycles. The van der Waals surface area contributed by atoms with Crippen molar-refractivity contribution in [3.63, 3.8) is 0 Å². The third-order valence-corrected chi connectivity index (χ3v) is 5.85. The van der Waals surface area contributed by atoms with Crippen molar-refractivity contribution in [3.8, 4) is 0 Å². The lowest BCUT2D eigenvalue weighted by molar-refractivity contribution is -0.120. The average molecular weight is 381 g/mol. The van der Waals surface area contributed by atoms with Crippen LogP contribution >= 0.6 is 0 Å². The predicted molar refractivity (Wildman–Crippen MR) is 109 cm³/mol. The van der Waals surface area contributed by atoms with Crippen LogP contribution in [0.2, 0.25) is 0 Å². The highest BCUT2D eigenvalue weighted by molar-refractivity contribution is 6.01. The molecule has 0 heterocycles. The van der Waals surface area contributed by atoms with Crippen LogP contribution in [0.3, 0.4) is 0 Å². The minimum absolute atomic E-state index is 0.0119. The maximum atomic E-state index is 12.5. The van der Waals surface area contributed by atoms with E-state index in [2.05, 4.69) is 33.8 Å². The Balaban J connectivity index is 2.12. The lowest BCUT2D eigenvalue weighted by Crippen LogP contribution is -2.35. The zero-order chi connectivity index (χ0) is 20.7. The molecule has 5 nitrogen and oxygen atoms in total. The SMILES string of the molecule is CC1(C)CCC(C)(C)c2cc(N(C(=O)CO)c3ccc(C(=O)O)cc3)ccc21. The van der Waals surface area contributed by atoms with E-state index in [-0.39, 0.29) is 16.4 Å². The lowest BCUT2D eigenvalue weighted by atomic mass is 9.63. The van der Waals surface area contributed by atoms with Crippen LogP contribution in [0.4, 0.5) is 11.4 Å². The van der Waals surface area contributed by atoms with Crippen LogP contribution in [0.5, 0.6) is 0 Å². The number of carbonyl (C=O) groups excluding carboxylic acids is 1. The molecule has 28 heavy (non-hydrogen) atoms. The molecule has 1 amide bonds. The van der Waals surface area contributed by atoms with E-state index in [9.17, 15) is 14.7 Å². The molecule has 0 fully saturated rings. The minimum atomic E-state index is -1.02. The first-order valence-corrected chi connectivity index (χ1v) is 9.49. The Labute approximate surface area is 165 Å². The molecule has 0 radical (unpaired) electrons. The molecule has 2 N–H and O–H groups in total. The fourth-order valence-corrected chi connectivity index (χ4v) is 3.98. The van der Waals surface area contributed by atoms with Crippen LogP contribution in [0.25, 0.3) is 0 Å². The zero-order valence-electron chi connectivity index (χ0n) is 16.8. The summed E-state index contributed by atoms with van der Waals surface area (Å²) in [6.07, 6.45) is 2.15. The Morgan fingerprint density at radius 2 is 1.43 bits per heavy atom. The summed E-state index contributed by atoms with van der Waals surface area (Å²) in [5.41, 5.74) is 3.89. The smallest absolute Gasteiger partial charge is 0.335 e. The summed E-state index contributed by atoms with van der Waals surface area (Å²) >= 11 is 0. The van der Waals surface area contributed by atoms with Gasteiger partial charge in [0, 0.05) is 11.4 Å². The molecule has 3 rings (SSSR count). The van der Waals surface area contributed by atoms with Gasteiger partial charge in [-0.1, -0.05) is 33.8 Å². The number of aromatic carboxylic acids is 1. The normalized spacial score (nSPS) is 16.9. The fraction of sp³-hybridized carbons (Fsp3) is 0.391. The Kier molecular flexibility index (Phi) is 5.06. The standard InChI is InChI=1S/C23H27NO4/c1-22(2)11-12-23(3,4)19-13-17(9-10-18(19)22)24(20(26)14-25)16-7-5-15(6-8-16)21(27)28/h5-10,13,25H,11-12,14H2,1-4H3,(H,27,28). The highest BCUT2D eigenvalue weighted by Crippen LogP contribution is 2.47. The molecule has 0 unspecified atom stereocenters. The van der Waals surface area contributed by atoms with E-state index >= 15 is 0 Å². The van der Waals surface area contributed by atoms with Gasteiger partial charge in [0.1, 0.15) is 6.61 Å². The van der Waals surface area contributed by atoms with Crippen molar-refractivity contribution in [2.24, 2.45) is 0 Å². The highest BCUT2D eigenvalue weighted by Gasteiger charge is 2.37. The van der Waals surface area contributed by atoms with E-state index in [4.69, 9.17) is 5.11 Å². The lowest BCUT2D eigenvalue weighted by Gasteiger charge is -2.42. The van der Waals surface area contributed by atoms with Gasteiger partial charge < -0.3 is 10.2 Å². The number of fused-ring (bicyclic) bond motifs is 1. The Morgan fingerprint density at radius 1 is 0.893 bits per heavy atom. The second kappa shape index (κ2) is 7.06. The molecule has 1 aliphatic carbocycles. The van der Waals surface area contributed by atoms with Gasteiger partial charge in [0.05, 0.1) is 5.56 Å². The Bertz CT molecular complexity index is 913. The summed E-state index contributed by atoms with van der Waals surface area (Å²) in [6, 6.07) is 12.1. The third-order valence-electron chi connectivity index (χ3n) is 5.85. The molecule has 2 aromatic carbocycles. The summed E-state index contributed by atoms with van der Waals surface area (Å²) < 4.78 is 0. The number of carboxylic acid groups (broad SMARTS) is 1. The van der Waals surface area contributed by atoms with Crippen LogP contribution in [0.15, 0.2) is 42.5 Å². The van der Waals surface area contributed by atoms with Crippen molar-refractivity contribution in [3.05, 3.63) is 59.2 Å². The van der Waals surface area contributed by atoms with Crippen molar-refractivity contribution in [2.45, 2.75) is 51.4 Å². The first kappa shape index (κ1) is 20.1. The predicted octanol–water partition coefficient (Wildman–Crippen LogP) is 4.39. The molecule has 5 heteroatoms. The molecular formula is C23H27NO4. The van der Waals surface area contributed by atoms with Crippen molar-refractivity contribution in [2.75, 3.05) is 11.5 Å². The van der Waals surface area contributed by atoms with Gasteiger partial charge in [-0.15, -0.1) is 0 Å². The topological polar surface area (TPSA) is 77.8 Å². The van der Waals surface area contributed by atoms with Crippen molar-refractivity contribution < 1.29 is 19.8 Å². The largest absolute Gasteiger partial charge is 0.478 e. The quantitative estimate of drug-likeness (QED) is 0.823. The monoisotopic (exact) mass is 381 g/mol. The highest BCUT2D eigenvalue weighted by atomic mass is 16.4. The van der Waals surface area contributed by atoms with Gasteiger partial charge in [-0.2, -0.15) is 0 Å². The first-order chi connectivity index (χ1) is 13.1. The minimum Gasteiger partial charge on any atom is -0.478 e. The van der Waals surface area contributed by atoms with Crippen LogP contribution in [0.1, 0.15) is 62.0 Å². The fourth-order valence-electron chi connectivity index (χ4n) is 3.98. The van der Waals surface area contributed by atoms with Crippen LogP contribution < -0.4 is 4.90 Å². The zero-order valence-corrected chi connectivity index (χ0v) is 16.8. The number of rotatable bonds is 4. The number of benzene rings is 2. The number of hydrogen-bond donors (Lipinski definition) is 2. The van der Waals surface area contributed by atoms with E-state index in [1.807, 2.05) is 12.1 Å². The molecule has 1 aliphatic rings. The summed E-state index contributed by atoms with van der Waals surface area (Å²) in [6.45, 7) is 8.27. The van der Waals surface area contributed by atoms with Crippen molar-refractivity contribution in [1.82, 2.24) is 0 Å². The van der Waals surface area contributed by atoms with E-state index in [0.29, 0.717) is 11.4 Å². The number of carbonyl (C=O) groups is 2. The summed E-state index contributed by atoms with van der Waals surface area (Å²) in [7, 11) is 0. The first-order valence-electron chi connectivity index (χ1n) is 9.49. The molecule has 0 bridgehead atoms. The number of amides is 1. The van der Waals surface area contributed by atoms with Crippen molar-refractivity contribution >= 4 is 23.3 Å². The maximum Gasteiger partial charge on any atom is 0.335 e. The maximum absolute atomic E-state index is 12.5. The number of nitrogens with zero attached hydrogens (tertiary/aromatic N) is 1. The number of carboxylic acids is 1. The van der Waals surface area contributed by atoms with Gasteiger partial charge in [-0.3, -0.25) is 9.69 Å². The number of aliphatic hydroxyl groups excluding tert-OH is 1. The van der Waals surface area contributed by atoms with Gasteiger partial charge in [0.25, 0.3) is 5.91 Å². The van der Waals surface area contributed by atoms with E-state index < -0.39 is 18.5 Å². The molecule has 0 aromatic heterocycles. The molecular weight excluding hydrogens is 354 g/mol. The molecule has 2 aromatic rings.